The summed E-state index contributed by atoms with van der Waals surface area (Å²) in [4.78, 5) is 2.30. The van der Waals surface area contributed by atoms with Gasteiger partial charge in [0.1, 0.15) is 0 Å². The maximum absolute atomic E-state index is 9.55. The minimum atomic E-state index is -0.139. The molecule has 15 heavy (non-hydrogen) atoms. The lowest BCUT2D eigenvalue weighted by molar-refractivity contribution is 0.0668. The molecule has 1 N–H and O–H groups in total. The van der Waals surface area contributed by atoms with E-state index >= 15 is 0 Å². The lowest BCUT2D eigenvalue weighted by atomic mass is 10.1. The molecule has 1 aliphatic rings. The molecule has 2 heterocycles. The van der Waals surface area contributed by atoms with Gasteiger partial charge in [-0.2, -0.15) is 5.10 Å². The van der Waals surface area contributed by atoms with Crippen LogP contribution in [0.4, 0.5) is 0 Å². The van der Waals surface area contributed by atoms with Gasteiger partial charge in [-0.05, 0) is 26.3 Å². The highest BCUT2D eigenvalue weighted by atomic mass is 16.3. The van der Waals surface area contributed by atoms with Gasteiger partial charge in [-0.3, -0.25) is 9.58 Å². The molecule has 4 heteroatoms. The van der Waals surface area contributed by atoms with Crippen LogP contribution in [0.5, 0.6) is 0 Å². The lowest BCUT2D eigenvalue weighted by Crippen LogP contribution is -2.37. The van der Waals surface area contributed by atoms with Crippen LogP contribution in [-0.4, -0.2) is 39.0 Å². The van der Waals surface area contributed by atoms with Crippen molar-refractivity contribution in [3.8, 4) is 0 Å². The highest BCUT2D eigenvalue weighted by Crippen LogP contribution is 2.13. The molecule has 1 aromatic heterocycles. The van der Waals surface area contributed by atoms with Crippen LogP contribution in [0.25, 0.3) is 0 Å². The van der Waals surface area contributed by atoms with Crippen molar-refractivity contribution in [2.75, 3.05) is 13.1 Å². The zero-order valence-electron chi connectivity index (χ0n) is 9.26. The third-order valence-electron chi connectivity index (χ3n) is 2.90. The molecule has 0 unspecified atom stereocenters. The van der Waals surface area contributed by atoms with E-state index < -0.39 is 0 Å². The fourth-order valence-electron chi connectivity index (χ4n) is 2.09. The predicted molar refractivity (Wildman–Crippen MR) is 58.4 cm³/mol. The van der Waals surface area contributed by atoms with Crippen LogP contribution >= 0.6 is 0 Å². The van der Waals surface area contributed by atoms with E-state index in [1.54, 1.807) is 0 Å². The summed E-state index contributed by atoms with van der Waals surface area (Å²) in [5, 5.41) is 13.8. The van der Waals surface area contributed by atoms with Gasteiger partial charge in [0, 0.05) is 31.4 Å². The van der Waals surface area contributed by atoms with Crippen LogP contribution in [0.15, 0.2) is 12.4 Å². The summed E-state index contributed by atoms with van der Waals surface area (Å²) in [6, 6.07) is 0. The van der Waals surface area contributed by atoms with Crippen molar-refractivity contribution in [2.45, 2.75) is 39.0 Å². The van der Waals surface area contributed by atoms with Crippen LogP contribution in [0.2, 0.25) is 0 Å². The number of rotatable bonds is 3. The van der Waals surface area contributed by atoms with E-state index in [2.05, 4.69) is 23.1 Å². The quantitative estimate of drug-likeness (QED) is 0.802. The number of aromatic nitrogens is 2. The van der Waals surface area contributed by atoms with Crippen LogP contribution in [0, 0.1) is 0 Å². The number of hydrogen-bond acceptors (Lipinski definition) is 3. The summed E-state index contributed by atoms with van der Waals surface area (Å²) in [6.07, 6.45) is 5.92. The Morgan fingerprint density at radius 3 is 3.13 bits per heavy atom. The Balaban J connectivity index is 1.90. The Morgan fingerprint density at radius 1 is 1.60 bits per heavy atom. The van der Waals surface area contributed by atoms with Gasteiger partial charge in [0.2, 0.25) is 0 Å². The summed E-state index contributed by atoms with van der Waals surface area (Å²) in [7, 11) is 0. The molecular formula is C11H19N3O. The zero-order chi connectivity index (χ0) is 10.7. The van der Waals surface area contributed by atoms with Crippen molar-refractivity contribution in [3.63, 3.8) is 0 Å². The molecule has 0 saturated carbocycles. The molecule has 1 aliphatic heterocycles. The van der Waals surface area contributed by atoms with E-state index in [0.29, 0.717) is 0 Å². The molecule has 0 amide bonds. The summed E-state index contributed by atoms with van der Waals surface area (Å²) in [5.74, 6) is 0. The van der Waals surface area contributed by atoms with E-state index in [0.717, 1.165) is 39.0 Å². The largest absolute Gasteiger partial charge is 0.392 e. The van der Waals surface area contributed by atoms with Gasteiger partial charge in [-0.25, -0.2) is 0 Å². The number of β-amino-alcohol motifs (C(OH)–C–C–N with tert-alkyl or cyclic N) is 1. The highest BCUT2D eigenvalue weighted by molar-refractivity contribution is 5.03. The van der Waals surface area contributed by atoms with Crippen molar-refractivity contribution in [1.29, 1.82) is 0 Å². The topological polar surface area (TPSA) is 41.3 Å². The van der Waals surface area contributed by atoms with Crippen molar-refractivity contribution < 1.29 is 5.11 Å². The number of aryl methyl sites for hydroxylation is 1. The van der Waals surface area contributed by atoms with Gasteiger partial charge >= 0.3 is 0 Å². The second kappa shape index (κ2) is 4.77. The number of aliphatic hydroxyl groups is 1. The SMILES string of the molecule is CCn1cc(CN2CCC[C@H](O)C2)cn1. The highest BCUT2D eigenvalue weighted by Gasteiger charge is 2.17. The molecule has 4 nitrogen and oxygen atoms in total. The van der Waals surface area contributed by atoms with E-state index in [-0.39, 0.29) is 6.10 Å². The van der Waals surface area contributed by atoms with Crippen LogP contribution in [0.3, 0.4) is 0 Å². The first-order chi connectivity index (χ1) is 7.28. The van der Waals surface area contributed by atoms with E-state index in [9.17, 15) is 5.11 Å². The summed E-state index contributed by atoms with van der Waals surface area (Å²) >= 11 is 0. The van der Waals surface area contributed by atoms with E-state index in [4.69, 9.17) is 0 Å². The number of hydrogen-bond donors (Lipinski definition) is 1. The molecular weight excluding hydrogens is 190 g/mol. The molecule has 1 atom stereocenters. The smallest absolute Gasteiger partial charge is 0.0667 e. The zero-order valence-corrected chi connectivity index (χ0v) is 9.26. The van der Waals surface area contributed by atoms with Crippen molar-refractivity contribution >= 4 is 0 Å². The molecule has 0 aromatic carbocycles. The van der Waals surface area contributed by atoms with Gasteiger partial charge in [0.05, 0.1) is 12.3 Å². The molecule has 84 valence electrons. The minimum absolute atomic E-state index is 0.139. The Kier molecular flexibility index (Phi) is 3.38. The Hall–Kier alpha value is -0.870. The van der Waals surface area contributed by atoms with Crippen molar-refractivity contribution in [3.05, 3.63) is 18.0 Å². The molecule has 0 radical (unpaired) electrons. The minimum Gasteiger partial charge on any atom is -0.392 e. The second-order valence-electron chi connectivity index (χ2n) is 4.24. The summed E-state index contributed by atoms with van der Waals surface area (Å²) in [5.41, 5.74) is 1.24. The van der Waals surface area contributed by atoms with Crippen LogP contribution < -0.4 is 0 Å². The molecule has 2 rings (SSSR count). The van der Waals surface area contributed by atoms with E-state index in [1.807, 2.05) is 10.9 Å². The normalized spacial score (nSPS) is 23.2. The molecule has 0 spiro atoms. The average Bonchev–Trinajstić information content (AvgIpc) is 2.65. The third-order valence-corrected chi connectivity index (χ3v) is 2.90. The monoisotopic (exact) mass is 209 g/mol. The Labute approximate surface area is 90.5 Å². The van der Waals surface area contributed by atoms with Crippen LogP contribution in [-0.2, 0) is 13.1 Å². The molecule has 1 aromatic rings. The van der Waals surface area contributed by atoms with Gasteiger partial charge in [0.15, 0.2) is 0 Å². The molecule has 1 saturated heterocycles. The fourth-order valence-corrected chi connectivity index (χ4v) is 2.09. The fraction of sp³-hybridized carbons (Fsp3) is 0.727. The molecule has 0 aliphatic carbocycles. The van der Waals surface area contributed by atoms with Gasteiger partial charge in [-0.15, -0.1) is 0 Å². The van der Waals surface area contributed by atoms with Crippen LogP contribution in [0.1, 0.15) is 25.3 Å². The summed E-state index contributed by atoms with van der Waals surface area (Å²) < 4.78 is 1.94. The summed E-state index contributed by atoms with van der Waals surface area (Å²) in [6.45, 7) is 5.81. The van der Waals surface area contributed by atoms with Gasteiger partial charge in [0.25, 0.3) is 0 Å². The van der Waals surface area contributed by atoms with Gasteiger partial charge in [-0.1, -0.05) is 0 Å². The third kappa shape index (κ3) is 2.79. The first-order valence-electron chi connectivity index (χ1n) is 5.69. The maximum atomic E-state index is 9.55. The predicted octanol–water partition coefficient (Wildman–Crippen LogP) is 0.860. The first-order valence-corrected chi connectivity index (χ1v) is 5.69. The standard InChI is InChI=1S/C11H19N3O/c1-2-14-8-10(6-12-14)7-13-5-3-4-11(15)9-13/h6,8,11,15H,2-5,7,9H2,1H3/t11-/m0/s1. The number of aliphatic hydroxyl groups excluding tert-OH is 1. The first kappa shape index (κ1) is 10.6. The number of nitrogens with zero attached hydrogens (tertiary/aromatic N) is 3. The lowest BCUT2D eigenvalue weighted by Gasteiger charge is -2.29. The second-order valence-corrected chi connectivity index (χ2v) is 4.24. The van der Waals surface area contributed by atoms with Crippen molar-refractivity contribution in [1.82, 2.24) is 14.7 Å². The van der Waals surface area contributed by atoms with Gasteiger partial charge < -0.3 is 5.11 Å². The van der Waals surface area contributed by atoms with E-state index in [1.165, 1.54) is 5.56 Å². The Morgan fingerprint density at radius 2 is 2.47 bits per heavy atom. The number of piperidine rings is 1. The molecule has 0 bridgehead atoms. The molecule has 1 fully saturated rings. The van der Waals surface area contributed by atoms with Crippen molar-refractivity contribution in [2.24, 2.45) is 0 Å². The average molecular weight is 209 g/mol. The number of likely N-dealkylation sites (tertiary alicyclic amines) is 1. The maximum Gasteiger partial charge on any atom is 0.0667 e. The Bertz CT molecular complexity index is 311.